The number of nitrogens with zero attached hydrogens (tertiary/aromatic N) is 3. The zero-order valence-corrected chi connectivity index (χ0v) is 15.6. The summed E-state index contributed by atoms with van der Waals surface area (Å²) in [7, 11) is 1.75. The Morgan fingerprint density at radius 2 is 1.96 bits per heavy atom. The molecule has 3 rings (SSSR count). The molecule has 0 aliphatic rings. The molecular formula is C17H17N5O2S2. The van der Waals surface area contributed by atoms with Crippen LogP contribution in [-0.2, 0) is 18.4 Å². The predicted molar refractivity (Wildman–Crippen MR) is 102 cm³/mol. The van der Waals surface area contributed by atoms with Crippen molar-refractivity contribution < 1.29 is 9.59 Å². The average Bonchev–Trinajstić information content (AvgIpc) is 3.28. The van der Waals surface area contributed by atoms with Gasteiger partial charge in [0.1, 0.15) is 5.69 Å². The van der Waals surface area contributed by atoms with Gasteiger partial charge in [-0.05, 0) is 17.7 Å². The second kappa shape index (κ2) is 8.63. The number of anilines is 1. The Bertz CT molecular complexity index is 891. The first-order valence-corrected chi connectivity index (χ1v) is 9.61. The summed E-state index contributed by atoms with van der Waals surface area (Å²) >= 11 is 2.62. The maximum atomic E-state index is 12.0. The number of thioether (sulfide) groups is 1. The number of hydrogen-bond acceptors (Lipinski definition) is 7. The third kappa shape index (κ3) is 4.93. The molecular weight excluding hydrogens is 370 g/mol. The molecule has 7 nitrogen and oxygen atoms in total. The maximum Gasteiger partial charge on any atom is 0.274 e. The number of carbonyl (C=O) groups is 2. The fraction of sp³-hybridized carbons (Fsp3) is 0.176. The van der Waals surface area contributed by atoms with Gasteiger partial charge in [-0.1, -0.05) is 53.4 Å². The van der Waals surface area contributed by atoms with Gasteiger partial charge in [-0.15, -0.1) is 10.2 Å². The Kier molecular flexibility index (Phi) is 6.03. The monoisotopic (exact) mass is 387 g/mol. The minimum absolute atomic E-state index is 0.101. The van der Waals surface area contributed by atoms with E-state index in [1.165, 1.54) is 23.1 Å². The predicted octanol–water partition coefficient (Wildman–Crippen LogP) is 2.54. The van der Waals surface area contributed by atoms with Crippen molar-refractivity contribution >= 4 is 40.0 Å². The third-order valence-electron chi connectivity index (χ3n) is 3.45. The molecule has 2 amide bonds. The molecule has 0 radical (unpaired) electrons. The van der Waals surface area contributed by atoms with Gasteiger partial charge in [0, 0.05) is 19.8 Å². The number of carbonyl (C=O) groups excluding carboxylic acids is 2. The van der Waals surface area contributed by atoms with Crippen molar-refractivity contribution in [2.75, 3.05) is 11.1 Å². The molecule has 2 heterocycles. The van der Waals surface area contributed by atoms with E-state index in [1.807, 2.05) is 30.3 Å². The van der Waals surface area contributed by atoms with Crippen molar-refractivity contribution in [2.24, 2.45) is 7.05 Å². The number of amides is 2. The van der Waals surface area contributed by atoms with Crippen molar-refractivity contribution in [3.63, 3.8) is 0 Å². The molecule has 1 aromatic carbocycles. The minimum Gasteiger partial charge on any atom is -0.356 e. The lowest BCUT2D eigenvalue weighted by Crippen LogP contribution is -2.32. The molecule has 0 saturated heterocycles. The topological polar surface area (TPSA) is 88.9 Å². The Balaban J connectivity index is 1.45. The lowest BCUT2D eigenvalue weighted by molar-refractivity contribution is -0.117. The van der Waals surface area contributed by atoms with Crippen molar-refractivity contribution in [3.8, 4) is 0 Å². The van der Waals surface area contributed by atoms with Gasteiger partial charge in [0.25, 0.3) is 5.91 Å². The normalized spacial score (nSPS) is 10.5. The second-order valence-electron chi connectivity index (χ2n) is 5.38. The highest BCUT2D eigenvalue weighted by molar-refractivity contribution is 8.01. The summed E-state index contributed by atoms with van der Waals surface area (Å²) in [6, 6.07) is 13.4. The molecule has 2 N–H and O–H groups in total. The summed E-state index contributed by atoms with van der Waals surface area (Å²) in [6.07, 6.45) is 1.75. The smallest absolute Gasteiger partial charge is 0.274 e. The highest BCUT2D eigenvalue weighted by Crippen LogP contribution is 2.25. The number of aromatic nitrogens is 3. The van der Waals surface area contributed by atoms with Crippen molar-refractivity contribution in [1.82, 2.24) is 20.1 Å². The lowest BCUT2D eigenvalue weighted by Gasteiger charge is -2.04. The van der Waals surface area contributed by atoms with Crippen LogP contribution >= 0.6 is 23.1 Å². The minimum atomic E-state index is -0.411. The lowest BCUT2D eigenvalue weighted by atomic mass is 10.2. The largest absolute Gasteiger partial charge is 0.356 e. The average molecular weight is 387 g/mol. The number of aryl methyl sites for hydroxylation is 1. The van der Waals surface area contributed by atoms with Crippen LogP contribution in [0.2, 0.25) is 0 Å². The van der Waals surface area contributed by atoms with E-state index in [0.717, 1.165) is 5.56 Å². The molecule has 3 aromatic rings. The molecule has 0 aliphatic carbocycles. The van der Waals surface area contributed by atoms with Gasteiger partial charge >= 0.3 is 0 Å². The first-order chi connectivity index (χ1) is 12.6. The van der Waals surface area contributed by atoms with Gasteiger partial charge in [-0.25, -0.2) is 0 Å². The van der Waals surface area contributed by atoms with Gasteiger partial charge in [-0.3, -0.25) is 14.9 Å². The number of imide groups is 1. The molecule has 2 aromatic heterocycles. The van der Waals surface area contributed by atoms with Crippen LogP contribution in [-0.4, -0.2) is 32.3 Å². The van der Waals surface area contributed by atoms with Crippen LogP contribution in [0.5, 0.6) is 0 Å². The van der Waals surface area contributed by atoms with Crippen LogP contribution in [0.3, 0.4) is 0 Å². The van der Waals surface area contributed by atoms with E-state index in [0.29, 0.717) is 21.7 Å². The van der Waals surface area contributed by atoms with Crippen LogP contribution in [0.1, 0.15) is 16.1 Å². The molecule has 0 saturated carbocycles. The van der Waals surface area contributed by atoms with Gasteiger partial charge in [0.05, 0.1) is 5.75 Å². The highest BCUT2D eigenvalue weighted by Gasteiger charge is 2.14. The zero-order chi connectivity index (χ0) is 18.4. The first kappa shape index (κ1) is 18.2. The van der Waals surface area contributed by atoms with E-state index in [4.69, 9.17) is 0 Å². The Labute approximate surface area is 158 Å². The zero-order valence-electron chi connectivity index (χ0n) is 14.0. The van der Waals surface area contributed by atoms with Gasteiger partial charge < -0.3 is 9.88 Å². The van der Waals surface area contributed by atoms with E-state index in [1.54, 1.807) is 29.9 Å². The Morgan fingerprint density at radius 1 is 1.15 bits per heavy atom. The molecule has 26 heavy (non-hydrogen) atoms. The third-order valence-corrected chi connectivity index (χ3v) is 5.46. The van der Waals surface area contributed by atoms with Crippen LogP contribution in [0, 0.1) is 0 Å². The molecule has 9 heteroatoms. The highest BCUT2D eigenvalue weighted by atomic mass is 32.2. The van der Waals surface area contributed by atoms with Crippen molar-refractivity contribution in [1.29, 1.82) is 0 Å². The number of nitrogens with one attached hydrogen (secondary N) is 2. The maximum absolute atomic E-state index is 12.0. The Hall–Kier alpha value is -2.65. The van der Waals surface area contributed by atoms with E-state index in [-0.39, 0.29) is 11.7 Å². The quantitative estimate of drug-likeness (QED) is 0.606. The molecule has 0 atom stereocenters. The summed E-state index contributed by atoms with van der Waals surface area (Å²) < 4.78 is 2.33. The fourth-order valence-corrected chi connectivity index (χ4v) is 3.71. The Morgan fingerprint density at radius 3 is 2.69 bits per heavy atom. The fourth-order valence-electron chi connectivity index (χ4n) is 2.16. The molecule has 0 aliphatic heterocycles. The molecule has 0 bridgehead atoms. The molecule has 134 valence electrons. The molecule has 0 unspecified atom stereocenters. The van der Waals surface area contributed by atoms with Crippen LogP contribution in [0.25, 0.3) is 0 Å². The van der Waals surface area contributed by atoms with Crippen molar-refractivity contribution in [2.45, 2.75) is 10.9 Å². The summed E-state index contributed by atoms with van der Waals surface area (Å²) in [4.78, 5) is 23.9. The van der Waals surface area contributed by atoms with Gasteiger partial charge in [0.2, 0.25) is 11.0 Å². The van der Waals surface area contributed by atoms with E-state index >= 15 is 0 Å². The SMILES string of the molecule is Cn1cccc1C(=O)NC(=O)CSc1nnc(NCc2ccccc2)s1. The van der Waals surface area contributed by atoms with Gasteiger partial charge in [0.15, 0.2) is 4.34 Å². The molecule has 0 fully saturated rings. The van der Waals surface area contributed by atoms with Crippen LogP contribution in [0.15, 0.2) is 53.0 Å². The second-order valence-corrected chi connectivity index (χ2v) is 7.58. The van der Waals surface area contributed by atoms with Crippen LogP contribution < -0.4 is 10.6 Å². The summed E-state index contributed by atoms with van der Waals surface area (Å²) in [5.74, 6) is -0.676. The number of benzene rings is 1. The molecule has 0 spiro atoms. The van der Waals surface area contributed by atoms with E-state index < -0.39 is 5.91 Å². The standard InChI is InChI=1S/C17H17N5O2S2/c1-22-9-5-8-13(22)15(24)19-14(23)11-25-17-21-20-16(26-17)18-10-12-6-3-2-4-7-12/h2-9H,10-11H2,1H3,(H,18,20)(H,19,23,24). The number of rotatable bonds is 7. The summed E-state index contributed by atoms with van der Waals surface area (Å²) in [5, 5.41) is 14.4. The summed E-state index contributed by atoms with van der Waals surface area (Å²) in [5.41, 5.74) is 1.59. The number of hydrogen-bond donors (Lipinski definition) is 2. The van der Waals surface area contributed by atoms with E-state index in [9.17, 15) is 9.59 Å². The van der Waals surface area contributed by atoms with Gasteiger partial charge in [-0.2, -0.15) is 0 Å². The van der Waals surface area contributed by atoms with E-state index in [2.05, 4.69) is 20.8 Å². The first-order valence-electron chi connectivity index (χ1n) is 7.81. The van der Waals surface area contributed by atoms with Crippen molar-refractivity contribution in [3.05, 3.63) is 59.9 Å². The van der Waals surface area contributed by atoms with Crippen LogP contribution in [0.4, 0.5) is 5.13 Å². The summed E-state index contributed by atoms with van der Waals surface area (Å²) in [6.45, 7) is 0.659.